The molecule has 4 rings (SSSR count). The lowest BCUT2D eigenvalue weighted by Gasteiger charge is -2.41. The summed E-state index contributed by atoms with van der Waals surface area (Å²) in [5.41, 5.74) is 0.416. The molecule has 2 aromatic rings. The van der Waals surface area contributed by atoms with Crippen molar-refractivity contribution in [2.75, 3.05) is 71.8 Å². The number of ether oxygens (including phenoxy) is 2. The summed E-state index contributed by atoms with van der Waals surface area (Å²) in [7, 11) is 1.56. The fourth-order valence-corrected chi connectivity index (χ4v) is 5.08. The SMILES string of the molecule is COc1cc(OC)cc(N(CCOS(C)(=O)=O)C2(C)C=c3nc(C(=O)N4CCN(C)CC4)cnc3=CC2)c1. The van der Waals surface area contributed by atoms with Crippen LogP contribution in [-0.2, 0) is 14.3 Å². The normalized spacial score (nSPS) is 19.7. The minimum absolute atomic E-state index is 0.0533. The molecule has 2 aliphatic rings. The van der Waals surface area contributed by atoms with Crippen LogP contribution in [0.25, 0.3) is 12.2 Å². The van der Waals surface area contributed by atoms with E-state index in [9.17, 15) is 13.2 Å². The maximum Gasteiger partial charge on any atom is 0.274 e. The summed E-state index contributed by atoms with van der Waals surface area (Å²) >= 11 is 0. The van der Waals surface area contributed by atoms with Crippen LogP contribution in [0.1, 0.15) is 23.8 Å². The van der Waals surface area contributed by atoms with Crippen LogP contribution >= 0.6 is 0 Å². The molecule has 2 heterocycles. The summed E-state index contributed by atoms with van der Waals surface area (Å²) in [6.07, 6.45) is 7.09. The molecular weight excluding hydrogens is 510 g/mol. The molecule has 12 heteroatoms. The van der Waals surface area contributed by atoms with Gasteiger partial charge in [0.05, 0.1) is 49.5 Å². The van der Waals surface area contributed by atoms with Crippen molar-refractivity contribution in [1.82, 2.24) is 19.8 Å². The van der Waals surface area contributed by atoms with Gasteiger partial charge in [-0.2, -0.15) is 8.42 Å². The number of amides is 1. The van der Waals surface area contributed by atoms with Crippen molar-refractivity contribution in [2.45, 2.75) is 18.9 Å². The molecule has 1 unspecified atom stereocenters. The fourth-order valence-electron chi connectivity index (χ4n) is 4.70. The molecule has 206 valence electrons. The Morgan fingerprint density at radius 1 is 1.08 bits per heavy atom. The van der Waals surface area contributed by atoms with Gasteiger partial charge < -0.3 is 24.2 Å². The number of hydrogen-bond acceptors (Lipinski definition) is 10. The zero-order chi connectivity index (χ0) is 27.5. The van der Waals surface area contributed by atoms with Gasteiger partial charge in [0.25, 0.3) is 16.0 Å². The number of likely N-dealkylation sites (N-methyl/N-ethyl adjacent to an activating group) is 1. The van der Waals surface area contributed by atoms with E-state index in [1.165, 1.54) is 6.20 Å². The van der Waals surface area contributed by atoms with Crippen molar-refractivity contribution in [3.05, 3.63) is 40.8 Å². The molecule has 1 amide bonds. The Kier molecular flexibility index (Phi) is 8.24. The number of fused-ring (bicyclic) bond motifs is 1. The number of carbonyl (C=O) groups excluding carboxylic acids is 1. The fraction of sp³-hybridized carbons (Fsp3) is 0.500. The average molecular weight is 546 g/mol. The lowest BCUT2D eigenvalue weighted by atomic mass is 9.90. The van der Waals surface area contributed by atoms with Crippen LogP contribution in [0.2, 0.25) is 0 Å². The Bertz CT molecular complexity index is 1390. The lowest BCUT2D eigenvalue weighted by Crippen LogP contribution is -2.52. The van der Waals surface area contributed by atoms with Crippen LogP contribution in [0.4, 0.5) is 5.69 Å². The topological polar surface area (TPSA) is 114 Å². The van der Waals surface area contributed by atoms with Crippen molar-refractivity contribution in [3.63, 3.8) is 0 Å². The maximum atomic E-state index is 13.2. The van der Waals surface area contributed by atoms with Gasteiger partial charge in [0, 0.05) is 56.6 Å². The molecule has 11 nitrogen and oxygen atoms in total. The van der Waals surface area contributed by atoms with Gasteiger partial charge in [-0.3, -0.25) is 14.0 Å². The van der Waals surface area contributed by atoms with Crippen LogP contribution < -0.4 is 25.1 Å². The Labute approximate surface area is 223 Å². The molecule has 0 bridgehead atoms. The minimum atomic E-state index is -3.62. The van der Waals surface area contributed by atoms with E-state index in [2.05, 4.69) is 9.88 Å². The number of aromatic nitrogens is 2. The van der Waals surface area contributed by atoms with Crippen LogP contribution in [0.3, 0.4) is 0 Å². The third-order valence-electron chi connectivity index (χ3n) is 6.87. The first-order chi connectivity index (χ1) is 18.0. The highest BCUT2D eigenvalue weighted by Crippen LogP contribution is 2.35. The molecule has 38 heavy (non-hydrogen) atoms. The van der Waals surface area contributed by atoms with Gasteiger partial charge in [0.2, 0.25) is 0 Å². The minimum Gasteiger partial charge on any atom is -0.497 e. The molecule has 1 atom stereocenters. The summed E-state index contributed by atoms with van der Waals surface area (Å²) < 4.78 is 39.4. The molecule has 1 aromatic carbocycles. The smallest absolute Gasteiger partial charge is 0.274 e. The van der Waals surface area contributed by atoms with E-state index in [1.807, 2.05) is 43.2 Å². The molecule has 1 aromatic heterocycles. The molecule has 1 saturated heterocycles. The molecule has 1 fully saturated rings. The predicted molar refractivity (Wildman–Crippen MR) is 144 cm³/mol. The van der Waals surface area contributed by atoms with Gasteiger partial charge in [0.15, 0.2) is 0 Å². The summed E-state index contributed by atoms with van der Waals surface area (Å²) in [6, 6.07) is 5.48. The number of carbonyl (C=O) groups is 1. The first-order valence-corrected chi connectivity index (χ1v) is 14.2. The average Bonchev–Trinajstić information content (AvgIpc) is 2.89. The van der Waals surface area contributed by atoms with Gasteiger partial charge >= 0.3 is 0 Å². The largest absolute Gasteiger partial charge is 0.497 e. The van der Waals surface area contributed by atoms with E-state index in [1.54, 1.807) is 25.2 Å². The molecule has 1 aliphatic carbocycles. The van der Waals surface area contributed by atoms with Crippen molar-refractivity contribution in [1.29, 1.82) is 0 Å². The highest BCUT2D eigenvalue weighted by Gasteiger charge is 2.32. The first kappa shape index (κ1) is 27.8. The molecule has 0 spiro atoms. The Hall–Kier alpha value is -3.22. The van der Waals surface area contributed by atoms with Gasteiger partial charge in [-0.25, -0.2) is 4.98 Å². The monoisotopic (exact) mass is 545 g/mol. The first-order valence-electron chi connectivity index (χ1n) is 12.4. The van der Waals surface area contributed by atoms with Crippen molar-refractivity contribution in [2.24, 2.45) is 0 Å². The Morgan fingerprint density at radius 3 is 2.34 bits per heavy atom. The number of methoxy groups -OCH3 is 2. The zero-order valence-electron chi connectivity index (χ0n) is 22.5. The number of anilines is 1. The van der Waals surface area contributed by atoms with Crippen molar-refractivity contribution < 1.29 is 26.9 Å². The number of piperazine rings is 1. The zero-order valence-corrected chi connectivity index (χ0v) is 23.3. The van der Waals surface area contributed by atoms with Crippen LogP contribution in [0.5, 0.6) is 11.5 Å². The van der Waals surface area contributed by atoms with E-state index in [4.69, 9.17) is 18.6 Å². The lowest BCUT2D eigenvalue weighted by molar-refractivity contribution is 0.0657. The van der Waals surface area contributed by atoms with Crippen molar-refractivity contribution in [3.8, 4) is 11.5 Å². The second kappa shape index (κ2) is 11.3. The number of benzene rings is 1. The maximum absolute atomic E-state index is 13.2. The van der Waals surface area contributed by atoms with E-state index >= 15 is 0 Å². The van der Waals surface area contributed by atoms with Gasteiger partial charge in [0.1, 0.15) is 17.2 Å². The van der Waals surface area contributed by atoms with E-state index in [0.29, 0.717) is 47.4 Å². The van der Waals surface area contributed by atoms with E-state index in [0.717, 1.165) is 25.0 Å². The molecule has 0 radical (unpaired) electrons. The highest BCUT2D eigenvalue weighted by atomic mass is 32.2. The van der Waals surface area contributed by atoms with Gasteiger partial charge in [-0.1, -0.05) is 6.08 Å². The molecule has 1 aliphatic heterocycles. The van der Waals surface area contributed by atoms with Gasteiger partial charge in [-0.15, -0.1) is 0 Å². The number of hydrogen-bond donors (Lipinski definition) is 0. The second-order valence-corrected chi connectivity index (χ2v) is 11.4. The number of rotatable bonds is 9. The molecule has 0 N–H and O–H groups in total. The third-order valence-corrected chi connectivity index (χ3v) is 7.47. The number of nitrogens with zero attached hydrogens (tertiary/aromatic N) is 5. The highest BCUT2D eigenvalue weighted by molar-refractivity contribution is 7.85. The Morgan fingerprint density at radius 2 is 1.74 bits per heavy atom. The van der Waals surface area contributed by atoms with Crippen molar-refractivity contribution >= 4 is 33.9 Å². The molecule has 0 saturated carbocycles. The van der Waals surface area contributed by atoms with Crippen LogP contribution in [0, 0.1) is 0 Å². The van der Waals surface area contributed by atoms with E-state index < -0.39 is 15.7 Å². The summed E-state index contributed by atoms with van der Waals surface area (Å²) in [5.74, 6) is 1.05. The standard InChI is InChI=1S/C26H35N5O6S/c1-26(31(12-13-37-38(5,33)34)19-14-20(35-3)16-21(15-19)36-4)7-6-22-23(17-26)28-24(18-27-22)25(32)30-10-8-29(2)9-11-30/h6,14-18H,7-13H2,1-5H3. The predicted octanol–water partition coefficient (Wildman–Crippen LogP) is 0.0876. The third kappa shape index (κ3) is 6.43. The van der Waals surface area contributed by atoms with Gasteiger partial charge in [-0.05, 0) is 26.5 Å². The molecular formula is C26H35N5O6S. The Balaban J connectivity index is 1.72. The van der Waals surface area contributed by atoms with E-state index in [-0.39, 0.29) is 19.1 Å². The van der Waals surface area contributed by atoms with Crippen LogP contribution in [0.15, 0.2) is 24.4 Å². The van der Waals surface area contributed by atoms with Crippen LogP contribution in [-0.4, -0.2) is 106 Å². The summed E-state index contributed by atoms with van der Waals surface area (Å²) in [6.45, 7) is 5.15. The summed E-state index contributed by atoms with van der Waals surface area (Å²) in [5, 5.41) is 1.30. The quantitative estimate of drug-likeness (QED) is 0.402. The second-order valence-electron chi connectivity index (χ2n) is 9.78. The summed E-state index contributed by atoms with van der Waals surface area (Å²) in [4.78, 5) is 28.4.